The molecule has 0 bridgehead atoms. The number of thiazole rings is 1. The van der Waals surface area contributed by atoms with E-state index in [1.807, 2.05) is 13.8 Å². The molecule has 0 aliphatic rings. The molecule has 1 aromatic rings. The third kappa shape index (κ3) is 5.67. The Hall–Kier alpha value is -0.980. The van der Waals surface area contributed by atoms with Crippen LogP contribution in [0.2, 0.25) is 0 Å². The third-order valence-electron chi connectivity index (χ3n) is 2.53. The number of nitrogens with one attached hydrogen (secondary N) is 2. The number of nitrogens with zero attached hydrogens (tertiary/aromatic N) is 1. The smallest absolute Gasteiger partial charge is 0.263 e. The van der Waals surface area contributed by atoms with Gasteiger partial charge in [-0.15, -0.1) is 11.3 Å². The first kappa shape index (κ1) is 16.1. The van der Waals surface area contributed by atoms with Gasteiger partial charge < -0.3 is 15.4 Å². The molecule has 1 rings (SSSR count). The second kappa shape index (κ2) is 9.01. The summed E-state index contributed by atoms with van der Waals surface area (Å²) >= 11 is 1.39. The minimum atomic E-state index is -0.0641. The van der Waals surface area contributed by atoms with Gasteiger partial charge in [-0.1, -0.05) is 6.92 Å². The fourth-order valence-electron chi connectivity index (χ4n) is 1.56. The van der Waals surface area contributed by atoms with Crippen LogP contribution in [-0.4, -0.2) is 37.1 Å². The van der Waals surface area contributed by atoms with E-state index in [1.54, 1.807) is 6.20 Å². The highest BCUT2D eigenvalue weighted by molar-refractivity contribution is 7.13. The maximum absolute atomic E-state index is 11.9. The number of carbonyl (C=O) groups is 1. The molecule has 5 nitrogen and oxygen atoms in total. The van der Waals surface area contributed by atoms with Crippen molar-refractivity contribution in [2.45, 2.75) is 33.3 Å². The van der Waals surface area contributed by atoms with Crippen LogP contribution in [0.5, 0.6) is 0 Å². The molecule has 0 saturated carbocycles. The number of rotatable bonds is 9. The maximum Gasteiger partial charge on any atom is 0.263 e. The van der Waals surface area contributed by atoms with E-state index in [2.05, 4.69) is 22.5 Å². The van der Waals surface area contributed by atoms with E-state index in [-0.39, 0.29) is 12.0 Å². The van der Waals surface area contributed by atoms with Gasteiger partial charge in [0.05, 0.1) is 6.20 Å². The van der Waals surface area contributed by atoms with Crippen molar-refractivity contribution in [3.63, 3.8) is 0 Å². The number of hydrogen-bond acceptors (Lipinski definition) is 5. The fraction of sp³-hybridized carbons (Fsp3) is 0.692. The summed E-state index contributed by atoms with van der Waals surface area (Å²) in [5, 5.41) is 6.95. The van der Waals surface area contributed by atoms with E-state index >= 15 is 0 Å². The zero-order valence-corrected chi connectivity index (χ0v) is 12.7. The van der Waals surface area contributed by atoms with Crippen molar-refractivity contribution in [2.75, 3.05) is 26.2 Å². The quantitative estimate of drug-likeness (QED) is 0.681. The lowest BCUT2D eigenvalue weighted by Gasteiger charge is -2.07. The summed E-state index contributed by atoms with van der Waals surface area (Å²) in [7, 11) is 0. The number of hydrogen-bond donors (Lipinski definition) is 2. The summed E-state index contributed by atoms with van der Waals surface area (Å²) in [6, 6.07) is 0. The normalized spacial score (nSPS) is 12.4. The standard InChI is InChI=1S/C13H23N3O2S/c1-4-6-14-7-8-15-12(17)11-9-16-13(19-11)10(3)18-5-2/h9-10,14H,4-8H2,1-3H3,(H,15,17). The summed E-state index contributed by atoms with van der Waals surface area (Å²) in [5.41, 5.74) is 0. The van der Waals surface area contributed by atoms with Crippen LogP contribution in [0.3, 0.4) is 0 Å². The molecule has 0 aliphatic carbocycles. The molecular weight excluding hydrogens is 262 g/mol. The van der Waals surface area contributed by atoms with Crippen LogP contribution in [0, 0.1) is 0 Å². The number of aromatic nitrogens is 1. The largest absolute Gasteiger partial charge is 0.372 e. The molecule has 1 aromatic heterocycles. The van der Waals surface area contributed by atoms with Crippen molar-refractivity contribution in [3.8, 4) is 0 Å². The first-order valence-electron chi connectivity index (χ1n) is 6.75. The molecule has 1 atom stereocenters. The first-order valence-corrected chi connectivity index (χ1v) is 7.56. The molecule has 1 heterocycles. The molecule has 108 valence electrons. The summed E-state index contributed by atoms with van der Waals surface area (Å²) in [4.78, 5) is 16.7. The number of carbonyl (C=O) groups excluding carboxylic acids is 1. The Kier molecular flexibility index (Phi) is 7.62. The Bertz CT molecular complexity index is 382. The lowest BCUT2D eigenvalue weighted by molar-refractivity contribution is 0.0762. The van der Waals surface area contributed by atoms with E-state index in [4.69, 9.17) is 4.74 Å². The van der Waals surface area contributed by atoms with Crippen molar-refractivity contribution in [2.24, 2.45) is 0 Å². The van der Waals surface area contributed by atoms with E-state index in [1.165, 1.54) is 11.3 Å². The topological polar surface area (TPSA) is 63.2 Å². The molecular formula is C13H23N3O2S. The van der Waals surface area contributed by atoms with Crippen LogP contribution >= 0.6 is 11.3 Å². The Morgan fingerprint density at radius 3 is 2.89 bits per heavy atom. The molecule has 6 heteroatoms. The molecule has 1 amide bonds. The molecule has 0 radical (unpaired) electrons. The Balaban J connectivity index is 2.36. The Labute approximate surface area is 118 Å². The summed E-state index contributed by atoms with van der Waals surface area (Å²) < 4.78 is 5.45. The molecule has 0 aliphatic heterocycles. The highest BCUT2D eigenvalue weighted by Crippen LogP contribution is 2.22. The average molecular weight is 285 g/mol. The predicted octanol–water partition coefficient (Wildman–Crippen LogP) is 1.97. The Morgan fingerprint density at radius 2 is 2.21 bits per heavy atom. The highest BCUT2D eigenvalue weighted by atomic mass is 32.1. The van der Waals surface area contributed by atoms with Crippen molar-refractivity contribution >= 4 is 17.2 Å². The summed E-state index contributed by atoms with van der Waals surface area (Å²) in [6.07, 6.45) is 2.66. The minimum Gasteiger partial charge on any atom is -0.372 e. The first-order chi connectivity index (χ1) is 9.19. The van der Waals surface area contributed by atoms with Crippen LogP contribution in [0.15, 0.2) is 6.20 Å². The van der Waals surface area contributed by atoms with Gasteiger partial charge in [0.1, 0.15) is 16.0 Å². The van der Waals surface area contributed by atoms with Crippen LogP contribution in [0.1, 0.15) is 48.0 Å². The van der Waals surface area contributed by atoms with Gasteiger partial charge in [-0.05, 0) is 26.8 Å². The molecule has 0 aromatic carbocycles. The lowest BCUT2D eigenvalue weighted by Crippen LogP contribution is -2.31. The molecule has 0 saturated heterocycles. The zero-order chi connectivity index (χ0) is 14.1. The maximum atomic E-state index is 11.9. The highest BCUT2D eigenvalue weighted by Gasteiger charge is 2.14. The Morgan fingerprint density at radius 1 is 1.42 bits per heavy atom. The van der Waals surface area contributed by atoms with Crippen molar-refractivity contribution in [1.29, 1.82) is 0 Å². The molecule has 19 heavy (non-hydrogen) atoms. The van der Waals surface area contributed by atoms with Crippen LogP contribution < -0.4 is 10.6 Å². The second-order valence-electron chi connectivity index (χ2n) is 4.17. The third-order valence-corrected chi connectivity index (χ3v) is 3.68. The van der Waals surface area contributed by atoms with Crippen LogP contribution in [0.4, 0.5) is 0 Å². The molecule has 0 fully saturated rings. The molecule has 0 spiro atoms. The molecule has 1 unspecified atom stereocenters. The minimum absolute atomic E-state index is 0.0530. The monoisotopic (exact) mass is 285 g/mol. The van der Waals surface area contributed by atoms with Gasteiger partial charge in [-0.2, -0.15) is 0 Å². The fourth-order valence-corrected chi connectivity index (χ4v) is 2.39. The lowest BCUT2D eigenvalue weighted by atomic mass is 10.4. The van der Waals surface area contributed by atoms with Crippen LogP contribution in [-0.2, 0) is 4.74 Å². The van der Waals surface area contributed by atoms with E-state index in [0.29, 0.717) is 18.0 Å². The van der Waals surface area contributed by atoms with Gasteiger partial charge in [-0.3, -0.25) is 4.79 Å². The van der Waals surface area contributed by atoms with E-state index in [9.17, 15) is 4.79 Å². The number of ether oxygens (including phenoxy) is 1. The van der Waals surface area contributed by atoms with Gasteiger partial charge in [-0.25, -0.2) is 4.98 Å². The van der Waals surface area contributed by atoms with Crippen molar-refractivity contribution in [3.05, 3.63) is 16.1 Å². The van der Waals surface area contributed by atoms with Gasteiger partial charge in [0.2, 0.25) is 0 Å². The van der Waals surface area contributed by atoms with Gasteiger partial charge in [0.15, 0.2) is 0 Å². The van der Waals surface area contributed by atoms with Crippen molar-refractivity contribution < 1.29 is 9.53 Å². The van der Waals surface area contributed by atoms with E-state index in [0.717, 1.165) is 24.5 Å². The van der Waals surface area contributed by atoms with Crippen molar-refractivity contribution in [1.82, 2.24) is 15.6 Å². The van der Waals surface area contributed by atoms with Gasteiger partial charge >= 0.3 is 0 Å². The summed E-state index contributed by atoms with van der Waals surface area (Å²) in [5.74, 6) is -0.0641. The van der Waals surface area contributed by atoms with E-state index < -0.39 is 0 Å². The SMILES string of the molecule is CCCNCCNC(=O)c1cnc(C(C)OCC)s1. The summed E-state index contributed by atoms with van der Waals surface area (Å²) in [6.45, 7) is 9.05. The zero-order valence-electron chi connectivity index (χ0n) is 11.9. The second-order valence-corrected chi connectivity index (χ2v) is 5.23. The predicted molar refractivity (Wildman–Crippen MR) is 77.6 cm³/mol. The number of amides is 1. The van der Waals surface area contributed by atoms with Gasteiger partial charge in [0, 0.05) is 19.7 Å². The molecule has 2 N–H and O–H groups in total. The van der Waals surface area contributed by atoms with Crippen LogP contribution in [0.25, 0.3) is 0 Å². The average Bonchev–Trinajstić information content (AvgIpc) is 2.88. The van der Waals surface area contributed by atoms with Gasteiger partial charge in [0.25, 0.3) is 5.91 Å².